The number of benzene rings is 1. The number of hydrogen-bond acceptors (Lipinski definition) is 4. The van der Waals surface area contributed by atoms with Gasteiger partial charge in [-0.3, -0.25) is 9.59 Å². The minimum atomic E-state index is -0.866. The van der Waals surface area contributed by atoms with Crippen molar-refractivity contribution in [3.05, 3.63) is 42.0 Å². The van der Waals surface area contributed by atoms with Crippen molar-refractivity contribution < 1.29 is 19.1 Å². The zero-order valence-corrected chi connectivity index (χ0v) is 26.6. The van der Waals surface area contributed by atoms with Crippen LogP contribution in [-0.4, -0.2) is 46.5 Å². The Bertz CT molecular complexity index is 961. The predicted octanol–water partition coefficient (Wildman–Crippen LogP) is 7.41. The number of amides is 3. The van der Waals surface area contributed by atoms with Gasteiger partial charge < -0.3 is 20.3 Å². The van der Waals surface area contributed by atoms with E-state index in [0.717, 1.165) is 37.7 Å². The second kappa shape index (κ2) is 16.4. The third kappa shape index (κ3) is 12.6. The molecule has 0 aliphatic heterocycles. The van der Waals surface area contributed by atoms with E-state index >= 15 is 0 Å². The van der Waals surface area contributed by atoms with E-state index < -0.39 is 29.3 Å². The van der Waals surface area contributed by atoms with Gasteiger partial charge in [-0.15, -0.1) is 0 Å². The van der Waals surface area contributed by atoms with Crippen LogP contribution in [0, 0.1) is 5.92 Å². The van der Waals surface area contributed by atoms with Gasteiger partial charge in [-0.25, -0.2) is 4.79 Å². The molecule has 0 aromatic heterocycles. The molecule has 7 nitrogen and oxygen atoms in total. The molecule has 0 spiro atoms. The van der Waals surface area contributed by atoms with Gasteiger partial charge in [0.1, 0.15) is 17.7 Å². The van der Waals surface area contributed by atoms with Crippen LogP contribution in [0.15, 0.2) is 30.8 Å². The number of carbonyl (C=O) groups is 3. The first-order chi connectivity index (χ1) is 18.6. The second-order valence-electron chi connectivity index (χ2n) is 12.8. The summed E-state index contributed by atoms with van der Waals surface area (Å²) in [7, 11) is 0. The Labute approximate surface area is 243 Å². The molecule has 40 heavy (non-hydrogen) atoms. The Morgan fingerprint density at radius 2 is 1.62 bits per heavy atom. The third-order valence-electron chi connectivity index (χ3n) is 6.71. The van der Waals surface area contributed by atoms with E-state index in [9.17, 15) is 14.4 Å². The first kappa shape index (κ1) is 35.2. The molecule has 1 rings (SSSR count). The Balaban J connectivity index is 3.56. The number of unbranched alkanes of at least 4 members (excludes halogenated alkanes) is 5. The number of carbonyl (C=O) groups excluding carboxylic acids is 3. The maximum absolute atomic E-state index is 14.4. The molecule has 0 saturated heterocycles. The van der Waals surface area contributed by atoms with Crippen molar-refractivity contribution in [2.45, 2.75) is 130 Å². The Hall–Kier alpha value is -2.83. The van der Waals surface area contributed by atoms with Crippen LogP contribution in [0.2, 0.25) is 0 Å². The molecule has 0 aliphatic carbocycles. The summed E-state index contributed by atoms with van der Waals surface area (Å²) in [4.78, 5) is 42.8. The maximum Gasteiger partial charge on any atom is 0.408 e. The summed E-state index contributed by atoms with van der Waals surface area (Å²) in [5.41, 5.74) is 0.374. The molecule has 0 radical (unpaired) electrons. The van der Waals surface area contributed by atoms with Crippen LogP contribution in [0.4, 0.5) is 4.79 Å². The maximum atomic E-state index is 14.4. The third-order valence-corrected chi connectivity index (χ3v) is 6.71. The van der Waals surface area contributed by atoms with E-state index in [1.165, 1.54) is 6.42 Å². The number of nitrogens with zero attached hydrogens (tertiary/aromatic N) is 1. The fourth-order valence-electron chi connectivity index (χ4n) is 4.49. The normalized spacial score (nSPS) is 14.0. The number of hydrogen-bond donors (Lipinski definition) is 2. The van der Waals surface area contributed by atoms with E-state index in [2.05, 4.69) is 24.1 Å². The van der Waals surface area contributed by atoms with Gasteiger partial charge >= 0.3 is 6.09 Å². The molecule has 1 aromatic rings. The van der Waals surface area contributed by atoms with Crippen LogP contribution < -0.4 is 10.6 Å². The fraction of sp³-hybridized carbons (Fsp3) is 0.667. The molecule has 1 aromatic carbocycles. The molecule has 3 amide bonds. The van der Waals surface area contributed by atoms with Gasteiger partial charge in [0.25, 0.3) is 0 Å². The average Bonchev–Trinajstić information content (AvgIpc) is 2.85. The highest BCUT2D eigenvalue weighted by Gasteiger charge is 2.38. The SMILES string of the molecule is C=Cc1cccc(C(C(=O)NC(C)(C)C)N(CCCCCCCC)C(=O)C(NC(=O)OC(C)(C)C)C(C)CC)c1. The largest absolute Gasteiger partial charge is 0.444 e. The zero-order chi connectivity index (χ0) is 30.5. The van der Waals surface area contributed by atoms with Gasteiger partial charge in [-0.2, -0.15) is 0 Å². The summed E-state index contributed by atoms with van der Waals surface area (Å²) in [6, 6.07) is 5.87. The molecule has 0 fully saturated rings. The highest BCUT2D eigenvalue weighted by molar-refractivity contribution is 5.92. The number of nitrogens with one attached hydrogen (secondary N) is 2. The van der Waals surface area contributed by atoms with Gasteiger partial charge in [0.2, 0.25) is 11.8 Å². The standard InChI is InChI=1S/C33H55N3O4/c1-11-14-15-16-17-18-22-36(30(38)27(24(4)12-2)34-31(39)40-33(8,9)10)28(29(37)35-32(5,6)7)26-21-19-20-25(13-3)23-26/h13,19-21,23-24,27-28H,3,11-12,14-18,22H2,1-2,4-10H3,(H,34,39)(H,35,37). The summed E-state index contributed by atoms with van der Waals surface area (Å²) in [5.74, 6) is -0.710. The van der Waals surface area contributed by atoms with Gasteiger partial charge in [0.05, 0.1) is 0 Å². The molecule has 0 bridgehead atoms. The molecule has 0 aliphatic rings. The lowest BCUT2D eigenvalue weighted by atomic mass is 9.94. The summed E-state index contributed by atoms with van der Waals surface area (Å²) in [6.07, 6.45) is 8.04. The van der Waals surface area contributed by atoms with E-state index in [-0.39, 0.29) is 17.7 Å². The van der Waals surface area contributed by atoms with Crippen molar-refractivity contribution >= 4 is 24.0 Å². The number of alkyl carbamates (subject to hydrolysis) is 1. The minimum absolute atomic E-state index is 0.169. The lowest BCUT2D eigenvalue weighted by molar-refractivity contribution is -0.144. The van der Waals surface area contributed by atoms with E-state index in [0.29, 0.717) is 18.5 Å². The topological polar surface area (TPSA) is 87.7 Å². The molecule has 3 atom stereocenters. The number of rotatable bonds is 15. The summed E-state index contributed by atoms with van der Waals surface area (Å²) in [5, 5.41) is 5.93. The highest BCUT2D eigenvalue weighted by Crippen LogP contribution is 2.27. The summed E-state index contributed by atoms with van der Waals surface area (Å²) >= 11 is 0. The van der Waals surface area contributed by atoms with Crippen LogP contribution >= 0.6 is 0 Å². The molecule has 0 heterocycles. The lowest BCUT2D eigenvalue weighted by Crippen LogP contribution is -2.56. The Morgan fingerprint density at radius 3 is 2.17 bits per heavy atom. The Kier molecular flexibility index (Phi) is 14.5. The van der Waals surface area contributed by atoms with Gasteiger partial charge in [0.15, 0.2) is 0 Å². The lowest BCUT2D eigenvalue weighted by Gasteiger charge is -2.37. The predicted molar refractivity (Wildman–Crippen MR) is 165 cm³/mol. The fourth-order valence-corrected chi connectivity index (χ4v) is 4.49. The molecule has 7 heteroatoms. The number of ether oxygens (including phenoxy) is 1. The van der Waals surface area contributed by atoms with E-state index in [4.69, 9.17) is 4.74 Å². The van der Waals surface area contributed by atoms with Crippen molar-refractivity contribution in [1.29, 1.82) is 0 Å². The van der Waals surface area contributed by atoms with Gasteiger partial charge in [0, 0.05) is 12.1 Å². The van der Waals surface area contributed by atoms with Crippen LogP contribution in [0.25, 0.3) is 6.08 Å². The van der Waals surface area contributed by atoms with Gasteiger partial charge in [-0.05, 0) is 71.1 Å². The molecular formula is C33H55N3O4. The average molecular weight is 558 g/mol. The van der Waals surface area contributed by atoms with Crippen molar-refractivity contribution in [3.8, 4) is 0 Å². The van der Waals surface area contributed by atoms with Crippen molar-refractivity contribution in [1.82, 2.24) is 15.5 Å². The molecule has 3 unspecified atom stereocenters. The van der Waals surface area contributed by atoms with Crippen LogP contribution in [0.3, 0.4) is 0 Å². The van der Waals surface area contributed by atoms with Crippen LogP contribution in [0.5, 0.6) is 0 Å². The van der Waals surface area contributed by atoms with Gasteiger partial charge in [-0.1, -0.05) is 90.2 Å². The highest BCUT2D eigenvalue weighted by atomic mass is 16.6. The van der Waals surface area contributed by atoms with Crippen LogP contribution in [-0.2, 0) is 14.3 Å². The molecular weight excluding hydrogens is 502 g/mol. The first-order valence-corrected chi connectivity index (χ1v) is 15.0. The quantitative estimate of drug-likeness (QED) is 0.220. The smallest absolute Gasteiger partial charge is 0.408 e. The second-order valence-corrected chi connectivity index (χ2v) is 12.8. The van der Waals surface area contributed by atoms with Crippen molar-refractivity contribution in [2.24, 2.45) is 5.92 Å². The Morgan fingerprint density at radius 1 is 1.00 bits per heavy atom. The first-order valence-electron chi connectivity index (χ1n) is 15.0. The van der Waals surface area contributed by atoms with Crippen molar-refractivity contribution in [2.75, 3.05) is 6.54 Å². The van der Waals surface area contributed by atoms with E-state index in [1.54, 1.807) is 31.7 Å². The van der Waals surface area contributed by atoms with E-state index in [1.807, 2.05) is 58.9 Å². The monoisotopic (exact) mass is 557 g/mol. The molecule has 226 valence electrons. The summed E-state index contributed by atoms with van der Waals surface area (Å²) < 4.78 is 5.51. The minimum Gasteiger partial charge on any atom is -0.444 e. The van der Waals surface area contributed by atoms with Crippen molar-refractivity contribution in [3.63, 3.8) is 0 Å². The van der Waals surface area contributed by atoms with Crippen LogP contribution in [0.1, 0.15) is 124 Å². The molecule has 2 N–H and O–H groups in total. The summed E-state index contributed by atoms with van der Waals surface area (Å²) in [6.45, 7) is 21.5. The zero-order valence-electron chi connectivity index (χ0n) is 26.6. The molecule has 0 saturated carbocycles.